The lowest BCUT2D eigenvalue weighted by molar-refractivity contribution is 0.0704. The van der Waals surface area contributed by atoms with Crippen molar-refractivity contribution in [3.8, 4) is 22.8 Å². The molecule has 2 aromatic carbocycles. The number of piperidine rings is 1. The molecule has 162 valence electrons. The van der Waals surface area contributed by atoms with Crippen LogP contribution in [0.15, 0.2) is 59.4 Å². The van der Waals surface area contributed by atoms with Crippen molar-refractivity contribution < 1.29 is 14.1 Å². The van der Waals surface area contributed by atoms with E-state index < -0.39 is 0 Å². The fraction of sp³-hybridized carbons (Fsp3) is 0.273. The summed E-state index contributed by atoms with van der Waals surface area (Å²) in [5.74, 6) is 2.01. The second-order valence-corrected chi connectivity index (χ2v) is 7.52. The molecule has 10 nitrogen and oxygen atoms in total. The second-order valence-electron chi connectivity index (χ2n) is 7.52. The van der Waals surface area contributed by atoms with E-state index in [4.69, 9.17) is 9.26 Å². The lowest BCUT2D eigenvalue weighted by Gasteiger charge is -2.30. The fourth-order valence-electron chi connectivity index (χ4n) is 3.88. The molecule has 0 radical (unpaired) electrons. The van der Waals surface area contributed by atoms with Crippen molar-refractivity contribution >= 4 is 5.91 Å². The molecule has 0 unspecified atom stereocenters. The van der Waals surface area contributed by atoms with Crippen LogP contribution in [0, 0.1) is 0 Å². The molecule has 1 fully saturated rings. The Hall–Kier alpha value is -4.08. The molecule has 0 bridgehead atoms. The van der Waals surface area contributed by atoms with Crippen LogP contribution in [-0.4, -0.2) is 61.4 Å². The number of carbonyl (C=O) groups excluding carboxylic acids is 1. The van der Waals surface area contributed by atoms with Gasteiger partial charge in [-0.3, -0.25) is 4.79 Å². The third-order valence-electron chi connectivity index (χ3n) is 5.65. The lowest BCUT2D eigenvalue weighted by Crippen LogP contribution is -2.38. The van der Waals surface area contributed by atoms with Crippen LogP contribution < -0.4 is 4.74 Å². The van der Waals surface area contributed by atoms with Gasteiger partial charge < -0.3 is 14.2 Å². The number of methoxy groups -OCH3 is 1. The zero-order chi connectivity index (χ0) is 21.9. The molecular weight excluding hydrogens is 410 g/mol. The van der Waals surface area contributed by atoms with Gasteiger partial charge in [0.1, 0.15) is 12.1 Å². The summed E-state index contributed by atoms with van der Waals surface area (Å²) >= 11 is 0. The van der Waals surface area contributed by atoms with Crippen molar-refractivity contribution in [2.45, 2.75) is 18.8 Å². The second kappa shape index (κ2) is 8.58. The van der Waals surface area contributed by atoms with Crippen LogP contribution in [0.5, 0.6) is 5.75 Å². The molecule has 32 heavy (non-hydrogen) atoms. The summed E-state index contributed by atoms with van der Waals surface area (Å²) < 4.78 is 12.2. The van der Waals surface area contributed by atoms with Gasteiger partial charge in [-0.2, -0.15) is 9.67 Å². The summed E-state index contributed by atoms with van der Waals surface area (Å²) in [7, 11) is 1.63. The minimum Gasteiger partial charge on any atom is -0.497 e. The van der Waals surface area contributed by atoms with Gasteiger partial charge in [0.2, 0.25) is 11.7 Å². The van der Waals surface area contributed by atoms with E-state index in [0.717, 1.165) is 24.2 Å². The maximum atomic E-state index is 13.2. The van der Waals surface area contributed by atoms with Crippen LogP contribution in [-0.2, 0) is 0 Å². The highest BCUT2D eigenvalue weighted by Crippen LogP contribution is 2.30. The van der Waals surface area contributed by atoms with Crippen LogP contribution in [0.3, 0.4) is 0 Å². The van der Waals surface area contributed by atoms with Crippen LogP contribution in [0.1, 0.15) is 35.0 Å². The fourth-order valence-corrected chi connectivity index (χ4v) is 3.88. The standard InChI is InChI=1S/C22H21N7O3/c1-31-17-8-6-15(7-9-17)20-24-21(32-25-20)16-10-12-28(13-11-16)22(30)18-4-2-3-5-19(18)29-14-23-26-27-29/h2-9,14,16H,10-13H2,1H3. The average molecular weight is 431 g/mol. The quantitative estimate of drug-likeness (QED) is 0.474. The molecule has 0 atom stereocenters. The highest BCUT2D eigenvalue weighted by Gasteiger charge is 2.29. The van der Waals surface area contributed by atoms with Gasteiger partial charge in [-0.15, -0.1) is 5.10 Å². The number of likely N-dealkylation sites (tertiary alicyclic amines) is 1. The number of carbonyl (C=O) groups is 1. The molecule has 5 rings (SSSR count). The number of hydrogen-bond acceptors (Lipinski definition) is 8. The number of amides is 1. The van der Waals surface area contributed by atoms with E-state index in [2.05, 4.69) is 25.7 Å². The summed E-state index contributed by atoms with van der Waals surface area (Å²) in [6, 6.07) is 14.8. The Labute approximate surface area is 183 Å². The summed E-state index contributed by atoms with van der Waals surface area (Å²) in [5.41, 5.74) is 2.09. The van der Waals surface area contributed by atoms with Crippen molar-refractivity contribution in [3.05, 3.63) is 66.3 Å². The molecule has 1 aliphatic heterocycles. The number of rotatable bonds is 5. The first-order chi connectivity index (χ1) is 15.7. The smallest absolute Gasteiger partial charge is 0.256 e. The molecule has 0 saturated carbocycles. The lowest BCUT2D eigenvalue weighted by atomic mass is 9.96. The van der Waals surface area contributed by atoms with Gasteiger partial charge in [-0.05, 0) is 59.7 Å². The van der Waals surface area contributed by atoms with E-state index in [1.165, 1.54) is 11.0 Å². The number of hydrogen-bond donors (Lipinski definition) is 0. The normalized spacial score (nSPS) is 14.5. The molecule has 1 aliphatic rings. The van der Waals surface area contributed by atoms with E-state index in [9.17, 15) is 4.79 Å². The van der Waals surface area contributed by atoms with Gasteiger partial charge in [-0.25, -0.2) is 0 Å². The van der Waals surface area contributed by atoms with Crippen molar-refractivity contribution in [1.82, 2.24) is 35.2 Å². The van der Waals surface area contributed by atoms with E-state index in [1.54, 1.807) is 13.2 Å². The monoisotopic (exact) mass is 431 g/mol. The van der Waals surface area contributed by atoms with Gasteiger partial charge in [0.15, 0.2) is 0 Å². The minimum absolute atomic E-state index is 0.0426. The molecule has 1 saturated heterocycles. The Morgan fingerprint density at radius 2 is 1.88 bits per heavy atom. The van der Waals surface area contributed by atoms with Gasteiger partial charge >= 0.3 is 0 Å². The maximum Gasteiger partial charge on any atom is 0.256 e. The molecule has 3 heterocycles. The SMILES string of the molecule is COc1ccc(-c2noc(C3CCN(C(=O)c4ccccc4-n4cnnn4)CC3)n2)cc1. The van der Waals surface area contributed by atoms with Crippen LogP contribution >= 0.6 is 0 Å². The van der Waals surface area contributed by atoms with Crippen LogP contribution in [0.25, 0.3) is 17.1 Å². The first-order valence-corrected chi connectivity index (χ1v) is 10.3. The Kier molecular flexibility index (Phi) is 5.32. The van der Waals surface area contributed by atoms with Crippen LogP contribution in [0.4, 0.5) is 0 Å². The predicted octanol–water partition coefficient (Wildman–Crippen LogP) is 2.74. The highest BCUT2D eigenvalue weighted by atomic mass is 16.5. The van der Waals surface area contributed by atoms with E-state index in [0.29, 0.717) is 36.1 Å². The van der Waals surface area contributed by atoms with Crippen LogP contribution in [0.2, 0.25) is 0 Å². The van der Waals surface area contributed by atoms with E-state index in [-0.39, 0.29) is 11.8 Å². The van der Waals surface area contributed by atoms with Gasteiger partial charge in [0, 0.05) is 24.6 Å². The first kappa shape index (κ1) is 19.9. The zero-order valence-corrected chi connectivity index (χ0v) is 17.5. The predicted molar refractivity (Wildman–Crippen MR) is 113 cm³/mol. The molecule has 1 amide bonds. The van der Waals surface area contributed by atoms with Crippen molar-refractivity contribution in [2.75, 3.05) is 20.2 Å². The number of para-hydroxylation sites is 1. The zero-order valence-electron chi connectivity index (χ0n) is 17.5. The summed E-state index contributed by atoms with van der Waals surface area (Å²) in [4.78, 5) is 19.6. The number of benzene rings is 2. The molecule has 4 aromatic rings. The minimum atomic E-state index is -0.0426. The van der Waals surface area contributed by atoms with Gasteiger partial charge in [-0.1, -0.05) is 17.3 Å². The molecule has 10 heteroatoms. The first-order valence-electron chi connectivity index (χ1n) is 10.3. The van der Waals surface area contributed by atoms with Crippen molar-refractivity contribution in [2.24, 2.45) is 0 Å². The molecular formula is C22H21N7O3. The maximum absolute atomic E-state index is 13.2. The molecule has 0 aliphatic carbocycles. The third-order valence-corrected chi connectivity index (χ3v) is 5.65. The molecule has 0 spiro atoms. The highest BCUT2D eigenvalue weighted by molar-refractivity contribution is 5.97. The topological polar surface area (TPSA) is 112 Å². The summed E-state index contributed by atoms with van der Waals surface area (Å²) in [6.45, 7) is 1.21. The average Bonchev–Trinajstić information content (AvgIpc) is 3.57. The summed E-state index contributed by atoms with van der Waals surface area (Å²) in [6.07, 6.45) is 2.99. The number of tetrazole rings is 1. The number of ether oxygens (including phenoxy) is 1. The molecule has 0 N–H and O–H groups in total. The van der Waals surface area contributed by atoms with Crippen molar-refractivity contribution in [1.29, 1.82) is 0 Å². The third kappa shape index (κ3) is 3.82. The number of aromatic nitrogens is 6. The Morgan fingerprint density at radius 1 is 1.09 bits per heavy atom. The van der Waals surface area contributed by atoms with E-state index >= 15 is 0 Å². The number of nitrogens with zero attached hydrogens (tertiary/aromatic N) is 7. The molecule has 2 aromatic heterocycles. The van der Waals surface area contributed by atoms with Crippen molar-refractivity contribution in [3.63, 3.8) is 0 Å². The Balaban J connectivity index is 1.26. The summed E-state index contributed by atoms with van der Waals surface area (Å²) in [5, 5.41) is 15.4. The Bertz CT molecular complexity index is 1200. The largest absolute Gasteiger partial charge is 0.497 e. The van der Waals surface area contributed by atoms with Gasteiger partial charge in [0.05, 0.1) is 18.4 Å². The van der Waals surface area contributed by atoms with Gasteiger partial charge in [0.25, 0.3) is 5.91 Å². The Morgan fingerprint density at radius 3 is 2.59 bits per heavy atom. The van der Waals surface area contributed by atoms with E-state index in [1.807, 2.05) is 47.4 Å².